The topological polar surface area (TPSA) is 75.4 Å². The average molecular weight is 287 g/mol. The van der Waals surface area contributed by atoms with E-state index in [0.717, 1.165) is 31.6 Å². The molecule has 1 heterocycles. The third-order valence-electron chi connectivity index (χ3n) is 4.52. The summed E-state index contributed by atoms with van der Waals surface area (Å²) in [4.78, 5) is 25.6. The Morgan fingerprint density at radius 2 is 2.00 bits per heavy atom. The van der Waals surface area contributed by atoms with Gasteiger partial charge in [-0.2, -0.15) is 0 Å². The van der Waals surface area contributed by atoms with E-state index >= 15 is 0 Å². The minimum Gasteiger partial charge on any atom is -0.366 e. The van der Waals surface area contributed by atoms with Crippen LogP contribution < -0.4 is 11.1 Å². The fourth-order valence-corrected chi connectivity index (χ4v) is 3.11. The van der Waals surface area contributed by atoms with Crippen LogP contribution >= 0.6 is 0 Å². The minimum atomic E-state index is -0.417. The van der Waals surface area contributed by atoms with Crippen LogP contribution in [0.25, 0.3) is 0 Å². The van der Waals surface area contributed by atoms with E-state index in [1.54, 1.807) is 12.1 Å². The molecule has 2 amide bonds. The molecule has 0 bridgehead atoms. The lowest BCUT2D eigenvalue weighted by atomic mass is 10.1. The molecule has 5 heteroatoms. The molecule has 1 saturated carbocycles. The van der Waals surface area contributed by atoms with Gasteiger partial charge in [-0.25, -0.2) is 0 Å². The summed E-state index contributed by atoms with van der Waals surface area (Å²) < 4.78 is 0. The quantitative estimate of drug-likeness (QED) is 0.859. The van der Waals surface area contributed by atoms with Crippen LogP contribution in [0.3, 0.4) is 0 Å². The van der Waals surface area contributed by atoms with E-state index in [2.05, 4.69) is 12.2 Å². The maximum Gasteiger partial charge on any atom is 0.248 e. The summed E-state index contributed by atoms with van der Waals surface area (Å²) in [6.07, 6.45) is 0.908. The Morgan fingerprint density at radius 3 is 2.62 bits per heavy atom. The van der Waals surface area contributed by atoms with Gasteiger partial charge in [0.05, 0.1) is 0 Å². The zero-order chi connectivity index (χ0) is 15.0. The van der Waals surface area contributed by atoms with Crippen LogP contribution in [0.5, 0.6) is 0 Å². The number of hydrogen-bond acceptors (Lipinski definition) is 3. The predicted octanol–water partition coefficient (Wildman–Crippen LogP) is 0.709. The Kier molecular flexibility index (Phi) is 3.68. The molecule has 3 N–H and O–H groups in total. The monoisotopic (exact) mass is 287 g/mol. The zero-order valence-corrected chi connectivity index (χ0v) is 12.2. The predicted molar refractivity (Wildman–Crippen MR) is 79.9 cm³/mol. The van der Waals surface area contributed by atoms with Crippen LogP contribution in [0.1, 0.15) is 35.2 Å². The second kappa shape index (κ2) is 5.48. The van der Waals surface area contributed by atoms with Crippen LogP contribution in [-0.4, -0.2) is 42.4 Å². The molecule has 1 saturated heterocycles. The maximum atomic E-state index is 12.6. The summed E-state index contributed by atoms with van der Waals surface area (Å²) >= 11 is 0. The Bertz CT molecular complexity index is 555. The van der Waals surface area contributed by atoms with Gasteiger partial charge in [0.2, 0.25) is 11.8 Å². The summed E-state index contributed by atoms with van der Waals surface area (Å²) in [6, 6.07) is 7.58. The Morgan fingerprint density at radius 1 is 1.29 bits per heavy atom. The van der Waals surface area contributed by atoms with Crippen molar-refractivity contribution in [1.82, 2.24) is 10.2 Å². The number of nitrogens with two attached hydrogens (primary N) is 1. The van der Waals surface area contributed by atoms with Gasteiger partial charge >= 0.3 is 0 Å². The number of nitrogens with one attached hydrogen (secondary N) is 1. The second-order valence-corrected chi connectivity index (χ2v) is 6.02. The van der Waals surface area contributed by atoms with Crippen molar-refractivity contribution in [1.29, 1.82) is 0 Å². The fraction of sp³-hybridized carbons (Fsp3) is 0.500. The maximum absolute atomic E-state index is 12.6. The van der Waals surface area contributed by atoms with Gasteiger partial charge in [-0.15, -0.1) is 0 Å². The number of carbonyl (C=O) groups is 2. The van der Waals surface area contributed by atoms with E-state index in [1.807, 2.05) is 17.0 Å². The van der Waals surface area contributed by atoms with Crippen molar-refractivity contribution < 1.29 is 9.59 Å². The van der Waals surface area contributed by atoms with Gasteiger partial charge in [0.1, 0.15) is 0 Å². The standard InChI is InChI=1S/C16H21N3O2/c1-10-9-18-6-7-19(10)16(21)14-8-13(14)11-2-4-12(5-3-11)15(17)20/h2-5,10,13-14,18H,6-9H2,1H3,(H2,17,20)/t10-,13?,14?/m1/s1. The highest BCUT2D eigenvalue weighted by molar-refractivity contribution is 5.92. The van der Waals surface area contributed by atoms with E-state index in [0.29, 0.717) is 11.5 Å². The molecule has 0 radical (unpaired) electrons. The van der Waals surface area contributed by atoms with Gasteiger partial charge < -0.3 is 16.0 Å². The Balaban J connectivity index is 1.65. The normalized spacial score (nSPS) is 28.2. The highest BCUT2D eigenvalue weighted by atomic mass is 16.2. The number of hydrogen-bond donors (Lipinski definition) is 2. The smallest absolute Gasteiger partial charge is 0.248 e. The highest BCUT2D eigenvalue weighted by Gasteiger charge is 2.46. The molecule has 0 aromatic heterocycles. The van der Waals surface area contributed by atoms with Crippen molar-refractivity contribution in [2.24, 2.45) is 11.7 Å². The van der Waals surface area contributed by atoms with E-state index in [4.69, 9.17) is 5.73 Å². The minimum absolute atomic E-state index is 0.102. The zero-order valence-electron chi connectivity index (χ0n) is 12.2. The van der Waals surface area contributed by atoms with Crippen LogP contribution in [0.2, 0.25) is 0 Å². The number of amides is 2. The number of rotatable bonds is 3. The molecule has 21 heavy (non-hydrogen) atoms. The number of benzene rings is 1. The van der Waals surface area contributed by atoms with Gasteiger partial charge in [-0.1, -0.05) is 12.1 Å². The van der Waals surface area contributed by atoms with Crippen molar-refractivity contribution in [3.8, 4) is 0 Å². The molecule has 2 fully saturated rings. The highest BCUT2D eigenvalue weighted by Crippen LogP contribution is 2.48. The molecular weight excluding hydrogens is 266 g/mol. The summed E-state index contributed by atoms with van der Waals surface area (Å²) in [5, 5.41) is 3.30. The first-order valence-corrected chi connectivity index (χ1v) is 7.49. The van der Waals surface area contributed by atoms with Crippen LogP contribution in [0.15, 0.2) is 24.3 Å². The van der Waals surface area contributed by atoms with Crippen molar-refractivity contribution >= 4 is 11.8 Å². The van der Waals surface area contributed by atoms with Crippen molar-refractivity contribution in [3.63, 3.8) is 0 Å². The van der Waals surface area contributed by atoms with Gasteiger partial charge in [-0.3, -0.25) is 9.59 Å². The fourth-order valence-electron chi connectivity index (χ4n) is 3.11. The molecule has 1 aliphatic carbocycles. The first-order valence-electron chi connectivity index (χ1n) is 7.49. The molecule has 2 aliphatic rings. The van der Waals surface area contributed by atoms with Gasteiger partial charge in [0.25, 0.3) is 0 Å². The molecule has 1 aromatic carbocycles. The van der Waals surface area contributed by atoms with Crippen LogP contribution in [-0.2, 0) is 4.79 Å². The third kappa shape index (κ3) is 2.78. The van der Waals surface area contributed by atoms with E-state index in [1.165, 1.54) is 0 Å². The molecule has 112 valence electrons. The second-order valence-electron chi connectivity index (χ2n) is 6.02. The first-order chi connectivity index (χ1) is 10.1. The van der Waals surface area contributed by atoms with Crippen LogP contribution in [0.4, 0.5) is 0 Å². The van der Waals surface area contributed by atoms with Crippen LogP contribution in [0, 0.1) is 5.92 Å². The molecule has 2 unspecified atom stereocenters. The van der Waals surface area contributed by atoms with Gasteiger partial charge in [0, 0.05) is 37.2 Å². The number of primary amides is 1. The van der Waals surface area contributed by atoms with E-state index in [9.17, 15) is 9.59 Å². The molecule has 1 aromatic rings. The lowest BCUT2D eigenvalue weighted by Gasteiger charge is -2.34. The molecule has 5 nitrogen and oxygen atoms in total. The lowest BCUT2D eigenvalue weighted by Crippen LogP contribution is -2.52. The summed E-state index contributed by atoms with van der Waals surface area (Å²) in [6.45, 7) is 4.63. The largest absolute Gasteiger partial charge is 0.366 e. The summed E-state index contributed by atoms with van der Waals surface area (Å²) in [7, 11) is 0. The number of nitrogens with zero attached hydrogens (tertiary/aromatic N) is 1. The van der Waals surface area contributed by atoms with E-state index < -0.39 is 5.91 Å². The third-order valence-corrected chi connectivity index (χ3v) is 4.52. The SMILES string of the molecule is C[C@@H]1CNCCN1C(=O)C1CC1c1ccc(C(N)=O)cc1. The summed E-state index contributed by atoms with van der Waals surface area (Å²) in [5.74, 6) is 0.249. The van der Waals surface area contributed by atoms with Crippen molar-refractivity contribution in [2.75, 3.05) is 19.6 Å². The number of carbonyl (C=O) groups excluding carboxylic acids is 2. The Labute approximate surface area is 124 Å². The molecule has 0 spiro atoms. The molecule has 3 atom stereocenters. The van der Waals surface area contributed by atoms with Crippen molar-refractivity contribution in [2.45, 2.75) is 25.3 Å². The molecular formula is C16H21N3O2. The summed E-state index contributed by atoms with van der Waals surface area (Å²) in [5.41, 5.74) is 6.88. The van der Waals surface area contributed by atoms with Crippen molar-refractivity contribution in [3.05, 3.63) is 35.4 Å². The Hall–Kier alpha value is -1.88. The van der Waals surface area contributed by atoms with Gasteiger partial charge in [-0.05, 0) is 37.0 Å². The van der Waals surface area contributed by atoms with Gasteiger partial charge in [0.15, 0.2) is 0 Å². The average Bonchev–Trinajstić information content (AvgIpc) is 3.27. The molecule has 1 aliphatic heterocycles. The molecule has 3 rings (SSSR count). The first kappa shape index (κ1) is 14.1. The number of piperazine rings is 1. The lowest BCUT2D eigenvalue weighted by molar-refractivity contribution is -0.135. The van der Waals surface area contributed by atoms with E-state index in [-0.39, 0.29) is 17.9 Å².